The highest BCUT2D eigenvalue weighted by atomic mass is 35.5. The third kappa shape index (κ3) is 3.66. The Hall–Kier alpha value is -1.17. The topological polar surface area (TPSA) is 56.7 Å². The second kappa shape index (κ2) is 6.54. The van der Waals surface area contributed by atoms with E-state index in [1.165, 1.54) is 10.9 Å². The Morgan fingerprint density at radius 2 is 2.00 bits per heavy atom. The molecule has 1 atom stereocenters. The van der Waals surface area contributed by atoms with Crippen molar-refractivity contribution in [2.45, 2.75) is 13.0 Å². The van der Waals surface area contributed by atoms with E-state index in [0.29, 0.717) is 5.82 Å². The normalized spacial score (nSPS) is 11.2. The van der Waals surface area contributed by atoms with Gasteiger partial charge in [-0.15, -0.1) is 24.8 Å². The fourth-order valence-corrected chi connectivity index (χ4v) is 1.23. The summed E-state index contributed by atoms with van der Waals surface area (Å²) in [5, 5.41) is 3.81. The minimum atomic E-state index is -0.381. The number of aromatic nitrogens is 3. The third-order valence-corrected chi connectivity index (χ3v) is 2.08. The van der Waals surface area contributed by atoms with Crippen molar-refractivity contribution in [1.82, 2.24) is 14.8 Å². The second-order valence-corrected chi connectivity index (χ2v) is 3.34. The van der Waals surface area contributed by atoms with Crippen molar-refractivity contribution < 1.29 is 4.39 Å². The molecule has 2 aromatic heterocycles. The van der Waals surface area contributed by atoms with Gasteiger partial charge in [0.1, 0.15) is 0 Å². The Morgan fingerprint density at radius 3 is 2.41 bits per heavy atom. The fraction of sp³-hybridized carbons (Fsp3) is 0.200. The maximum atomic E-state index is 12.7. The van der Waals surface area contributed by atoms with Crippen molar-refractivity contribution >= 4 is 24.8 Å². The van der Waals surface area contributed by atoms with E-state index in [-0.39, 0.29) is 36.7 Å². The molecule has 17 heavy (non-hydrogen) atoms. The van der Waals surface area contributed by atoms with Gasteiger partial charge in [-0.05, 0) is 18.6 Å². The summed E-state index contributed by atoms with van der Waals surface area (Å²) in [5.41, 5.74) is 6.62. The first-order valence-corrected chi connectivity index (χ1v) is 4.59. The number of hydrogen-bond acceptors (Lipinski definition) is 3. The van der Waals surface area contributed by atoms with Crippen LogP contribution < -0.4 is 5.73 Å². The molecule has 0 saturated heterocycles. The molecule has 0 radical (unpaired) electrons. The maximum Gasteiger partial charge on any atom is 0.161 e. The van der Waals surface area contributed by atoms with Crippen LogP contribution in [0, 0.1) is 5.82 Å². The van der Waals surface area contributed by atoms with Crippen molar-refractivity contribution in [2.75, 3.05) is 0 Å². The van der Waals surface area contributed by atoms with Crippen LogP contribution in [0.4, 0.5) is 4.39 Å². The van der Waals surface area contributed by atoms with E-state index < -0.39 is 0 Å². The highest BCUT2D eigenvalue weighted by Crippen LogP contribution is 2.10. The van der Waals surface area contributed by atoms with Gasteiger partial charge in [0.05, 0.1) is 12.4 Å². The fourth-order valence-electron chi connectivity index (χ4n) is 1.23. The summed E-state index contributed by atoms with van der Waals surface area (Å²) in [6.45, 7) is 1.88. The first-order valence-electron chi connectivity index (χ1n) is 4.59. The highest BCUT2D eigenvalue weighted by Gasteiger charge is 2.03. The van der Waals surface area contributed by atoms with E-state index in [4.69, 9.17) is 5.73 Å². The molecular weight excluding hydrogens is 266 g/mol. The van der Waals surface area contributed by atoms with E-state index in [9.17, 15) is 4.39 Å². The standard InChI is InChI=1S/C10H11FN4.2ClH/c1-7(12)8-2-3-10(13-4-8)15-6-9(11)5-14-15;;/h2-7H,12H2,1H3;2*1H/t7-;;/m1../s1. The number of halogens is 3. The first-order chi connectivity index (χ1) is 7.16. The summed E-state index contributed by atoms with van der Waals surface area (Å²) in [4.78, 5) is 4.14. The van der Waals surface area contributed by atoms with E-state index in [1.54, 1.807) is 12.3 Å². The minimum Gasteiger partial charge on any atom is -0.324 e. The molecule has 0 aliphatic heterocycles. The molecule has 0 saturated carbocycles. The molecule has 0 spiro atoms. The van der Waals surface area contributed by atoms with Gasteiger partial charge in [0, 0.05) is 12.2 Å². The summed E-state index contributed by atoms with van der Waals surface area (Å²) in [6, 6.07) is 3.55. The Bertz CT molecular complexity index is 456. The Balaban J connectivity index is 0.00000128. The Kier molecular flexibility index (Phi) is 6.09. The highest BCUT2D eigenvalue weighted by molar-refractivity contribution is 5.85. The van der Waals surface area contributed by atoms with Gasteiger partial charge < -0.3 is 5.73 Å². The Morgan fingerprint density at radius 1 is 1.29 bits per heavy atom. The van der Waals surface area contributed by atoms with Crippen LogP contribution in [-0.2, 0) is 0 Å². The molecule has 0 amide bonds. The van der Waals surface area contributed by atoms with Crippen LogP contribution in [0.1, 0.15) is 18.5 Å². The molecule has 2 heterocycles. The van der Waals surface area contributed by atoms with Crippen molar-refractivity contribution in [2.24, 2.45) is 5.73 Å². The van der Waals surface area contributed by atoms with E-state index >= 15 is 0 Å². The van der Waals surface area contributed by atoms with Gasteiger partial charge in [-0.25, -0.2) is 14.1 Å². The molecule has 2 rings (SSSR count). The zero-order valence-corrected chi connectivity index (χ0v) is 10.7. The number of pyridine rings is 1. The molecule has 4 nitrogen and oxygen atoms in total. The number of nitrogens with two attached hydrogens (primary N) is 1. The molecule has 0 aliphatic carbocycles. The summed E-state index contributed by atoms with van der Waals surface area (Å²) in [7, 11) is 0. The van der Waals surface area contributed by atoms with Gasteiger partial charge in [-0.1, -0.05) is 6.07 Å². The molecule has 0 fully saturated rings. The molecule has 2 N–H and O–H groups in total. The first kappa shape index (κ1) is 15.8. The monoisotopic (exact) mass is 278 g/mol. The predicted molar refractivity (Wildman–Crippen MR) is 68.4 cm³/mol. The molecular formula is C10H13Cl2FN4. The average molecular weight is 279 g/mol. The summed E-state index contributed by atoms with van der Waals surface area (Å²) < 4.78 is 14.1. The molecule has 2 aromatic rings. The summed E-state index contributed by atoms with van der Waals surface area (Å²) in [5.74, 6) is 0.191. The second-order valence-electron chi connectivity index (χ2n) is 3.34. The van der Waals surface area contributed by atoms with Gasteiger partial charge in [0.2, 0.25) is 0 Å². The van der Waals surface area contributed by atoms with E-state index in [0.717, 1.165) is 11.8 Å². The number of hydrogen-bond donors (Lipinski definition) is 1. The van der Waals surface area contributed by atoms with Crippen LogP contribution >= 0.6 is 24.8 Å². The van der Waals surface area contributed by atoms with Crippen LogP contribution in [0.5, 0.6) is 0 Å². The third-order valence-electron chi connectivity index (χ3n) is 2.08. The van der Waals surface area contributed by atoms with Crippen LogP contribution in [0.15, 0.2) is 30.7 Å². The zero-order valence-electron chi connectivity index (χ0n) is 9.08. The van der Waals surface area contributed by atoms with Crippen LogP contribution in [0.25, 0.3) is 5.82 Å². The lowest BCUT2D eigenvalue weighted by Crippen LogP contribution is -2.06. The molecule has 0 bridgehead atoms. The van der Waals surface area contributed by atoms with Gasteiger partial charge >= 0.3 is 0 Å². The van der Waals surface area contributed by atoms with Crippen molar-refractivity contribution in [3.8, 4) is 5.82 Å². The van der Waals surface area contributed by atoms with E-state index in [2.05, 4.69) is 10.1 Å². The van der Waals surface area contributed by atoms with E-state index in [1.807, 2.05) is 13.0 Å². The predicted octanol–water partition coefficient (Wildman–Crippen LogP) is 2.27. The summed E-state index contributed by atoms with van der Waals surface area (Å²) >= 11 is 0. The van der Waals surface area contributed by atoms with Crippen molar-refractivity contribution in [3.05, 3.63) is 42.1 Å². The number of nitrogens with zero attached hydrogens (tertiary/aromatic N) is 3. The van der Waals surface area contributed by atoms with Gasteiger partial charge in [-0.3, -0.25) is 0 Å². The minimum absolute atomic E-state index is 0. The molecule has 0 unspecified atom stereocenters. The largest absolute Gasteiger partial charge is 0.324 e. The van der Waals surface area contributed by atoms with Crippen LogP contribution in [0.2, 0.25) is 0 Å². The quantitative estimate of drug-likeness (QED) is 0.917. The molecule has 0 aromatic carbocycles. The van der Waals surface area contributed by atoms with Crippen molar-refractivity contribution in [1.29, 1.82) is 0 Å². The van der Waals surface area contributed by atoms with Gasteiger partial charge in [0.25, 0.3) is 0 Å². The Labute approximate surface area is 111 Å². The van der Waals surface area contributed by atoms with Gasteiger partial charge in [0.15, 0.2) is 11.6 Å². The lowest BCUT2D eigenvalue weighted by molar-refractivity contribution is 0.627. The average Bonchev–Trinajstić information content (AvgIpc) is 2.65. The smallest absolute Gasteiger partial charge is 0.161 e. The molecule has 7 heteroatoms. The lowest BCUT2D eigenvalue weighted by atomic mass is 10.2. The van der Waals surface area contributed by atoms with Crippen LogP contribution in [0.3, 0.4) is 0 Å². The molecule has 0 aliphatic rings. The van der Waals surface area contributed by atoms with Gasteiger partial charge in [-0.2, -0.15) is 5.10 Å². The van der Waals surface area contributed by atoms with Crippen LogP contribution in [-0.4, -0.2) is 14.8 Å². The number of rotatable bonds is 2. The van der Waals surface area contributed by atoms with Crippen molar-refractivity contribution in [3.63, 3.8) is 0 Å². The molecule has 94 valence electrons. The maximum absolute atomic E-state index is 12.7. The lowest BCUT2D eigenvalue weighted by Gasteiger charge is -2.05. The SMILES string of the molecule is C[C@@H](N)c1ccc(-n2cc(F)cn2)nc1.Cl.Cl. The zero-order chi connectivity index (χ0) is 10.8. The summed E-state index contributed by atoms with van der Waals surface area (Å²) in [6.07, 6.45) is 4.08.